The number of aromatic nitrogens is 1. The molecule has 1 N–H and O–H groups in total. The van der Waals surface area contributed by atoms with Crippen LogP contribution in [0.25, 0.3) is 0 Å². The first-order valence-electron chi connectivity index (χ1n) is 7.80. The Labute approximate surface area is 158 Å². The third kappa shape index (κ3) is 5.81. The topological polar surface area (TPSA) is 83.9 Å². The normalized spacial score (nSPS) is 11.5. The molecule has 7 nitrogen and oxygen atoms in total. The molecule has 0 fully saturated rings. The monoisotopic (exact) mass is 396 g/mol. The van der Waals surface area contributed by atoms with Crippen molar-refractivity contribution in [3.8, 4) is 0 Å². The molecule has 10 heteroatoms. The highest BCUT2D eigenvalue weighted by atomic mass is 32.1. The van der Waals surface area contributed by atoms with Crippen LogP contribution in [0.15, 0.2) is 28.7 Å². The lowest BCUT2D eigenvalue weighted by Crippen LogP contribution is -2.29. The van der Waals surface area contributed by atoms with E-state index in [2.05, 4.69) is 15.5 Å². The first-order chi connectivity index (χ1) is 12.6. The molecule has 1 aromatic heterocycles. The van der Waals surface area contributed by atoms with Gasteiger partial charge in [0.05, 0.1) is 17.6 Å². The van der Waals surface area contributed by atoms with E-state index in [9.17, 15) is 18.4 Å². The molecule has 2 amide bonds. The number of hydrogen-bond donors (Lipinski definition) is 1. The summed E-state index contributed by atoms with van der Waals surface area (Å²) in [6.07, 6.45) is 0.524. The molecule has 0 saturated heterocycles. The Balaban J connectivity index is 2.15. The molecule has 0 atom stereocenters. The van der Waals surface area contributed by atoms with Crippen molar-refractivity contribution in [2.75, 3.05) is 4.90 Å². The third-order valence-electron chi connectivity index (χ3n) is 2.92. The molecule has 0 aliphatic heterocycles. The Kier molecular flexibility index (Phi) is 6.21. The number of benzene rings is 1. The second-order valence-corrected chi connectivity index (χ2v) is 7.21. The summed E-state index contributed by atoms with van der Waals surface area (Å²) >= 11 is 1.06. The van der Waals surface area contributed by atoms with Crippen LogP contribution in [0.5, 0.6) is 0 Å². The number of hydrazone groups is 1. The third-order valence-corrected chi connectivity index (χ3v) is 3.76. The van der Waals surface area contributed by atoms with Gasteiger partial charge in [-0.15, -0.1) is 11.3 Å². The molecule has 0 saturated carbocycles. The number of ether oxygens (including phenoxy) is 1. The maximum atomic E-state index is 14.0. The number of amides is 2. The molecule has 0 unspecified atom stereocenters. The molecule has 0 bridgehead atoms. The number of anilines is 2. The SMILES string of the molecule is CC(=O)N(c1nc(/C=N\NC(=O)OC(C)(C)C)cs1)c1ccc(F)cc1F. The smallest absolute Gasteiger partial charge is 0.428 e. The summed E-state index contributed by atoms with van der Waals surface area (Å²) in [5, 5.41) is 5.45. The van der Waals surface area contributed by atoms with Crippen molar-refractivity contribution in [3.63, 3.8) is 0 Å². The number of rotatable bonds is 4. The van der Waals surface area contributed by atoms with Crippen LogP contribution in [-0.2, 0) is 9.53 Å². The zero-order valence-corrected chi connectivity index (χ0v) is 15.9. The van der Waals surface area contributed by atoms with Crippen LogP contribution in [-0.4, -0.2) is 28.8 Å². The van der Waals surface area contributed by atoms with E-state index in [1.807, 2.05) is 0 Å². The zero-order chi connectivity index (χ0) is 20.2. The van der Waals surface area contributed by atoms with Gasteiger partial charge in [0.15, 0.2) is 5.13 Å². The fourth-order valence-electron chi connectivity index (χ4n) is 1.96. The van der Waals surface area contributed by atoms with Crippen LogP contribution in [0.2, 0.25) is 0 Å². The zero-order valence-electron chi connectivity index (χ0n) is 15.1. The average Bonchev–Trinajstić information content (AvgIpc) is 2.96. The van der Waals surface area contributed by atoms with Crippen molar-refractivity contribution in [2.45, 2.75) is 33.3 Å². The number of halogens is 2. The molecular weight excluding hydrogens is 378 g/mol. The minimum Gasteiger partial charge on any atom is -0.443 e. The van der Waals surface area contributed by atoms with Gasteiger partial charge in [-0.2, -0.15) is 5.10 Å². The molecule has 1 aromatic carbocycles. The Morgan fingerprint density at radius 1 is 1.33 bits per heavy atom. The lowest BCUT2D eigenvalue weighted by atomic mass is 10.2. The molecule has 2 aromatic rings. The van der Waals surface area contributed by atoms with E-state index < -0.39 is 29.2 Å². The molecule has 1 heterocycles. The van der Waals surface area contributed by atoms with Crippen molar-refractivity contribution < 1.29 is 23.1 Å². The molecule has 0 radical (unpaired) electrons. The van der Waals surface area contributed by atoms with Crippen LogP contribution in [0.1, 0.15) is 33.4 Å². The summed E-state index contributed by atoms with van der Waals surface area (Å²) in [6.45, 7) is 6.39. The highest BCUT2D eigenvalue weighted by Crippen LogP contribution is 2.30. The van der Waals surface area contributed by atoms with Gasteiger partial charge in [-0.3, -0.25) is 9.69 Å². The molecule has 144 valence electrons. The number of thiazole rings is 1. The fraction of sp³-hybridized carbons (Fsp3) is 0.294. The van der Waals surface area contributed by atoms with Gasteiger partial charge >= 0.3 is 6.09 Å². The van der Waals surface area contributed by atoms with E-state index >= 15 is 0 Å². The van der Waals surface area contributed by atoms with Gasteiger partial charge in [-0.05, 0) is 32.9 Å². The van der Waals surface area contributed by atoms with Gasteiger partial charge in [0.1, 0.15) is 17.2 Å². The number of hydrogen-bond acceptors (Lipinski definition) is 6. The summed E-state index contributed by atoms with van der Waals surface area (Å²) < 4.78 is 32.2. The highest BCUT2D eigenvalue weighted by molar-refractivity contribution is 7.14. The molecule has 0 aliphatic rings. The Hall–Kier alpha value is -2.88. The summed E-state index contributed by atoms with van der Waals surface area (Å²) in [5.41, 5.74) is 1.74. The predicted molar refractivity (Wildman–Crippen MR) is 98.3 cm³/mol. The van der Waals surface area contributed by atoms with Crippen molar-refractivity contribution in [1.29, 1.82) is 0 Å². The molecule has 0 spiro atoms. The highest BCUT2D eigenvalue weighted by Gasteiger charge is 2.21. The first-order valence-corrected chi connectivity index (χ1v) is 8.68. The van der Waals surface area contributed by atoms with Gasteiger partial charge in [0.25, 0.3) is 0 Å². The van der Waals surface area contributed by atoms with Gasteiger partial charge < -0.3 is 4.74 Å². The van der Waals surface area contributed by atoms with Crippen LogP contribution >= 0.6 is 11.3 Å². The van der Waals surface area contributed by atoms with Gasteiger partial charge in [0, 0.05) is 18.4 Å². The van der Waals surface area contributed by atoms with E-state index in [0.717, 1.165) is 28.4 Å². The predicted octanol–water partition coefficient (Wildman–Crippen LogP) is 3.96. The van der Waals surface area contributed by atoms with Crippen molar-refractivity contribution in [1.82, 2.24) is 10.4 Å². The molecule has 27 heavy (non-hydrogen) atoms. The summed E-state index contributed by atoms with van der Waals surface area (Å²) in [7, 11) is 0. The van der Waals surface area contributed by atoms with E-state index in [1.165, 1.54) is 13.1 Å². The molecule has 0 aliphatic carbocycles. The van der Waals surface area contributed by atoms with E-state index in [4.69, 9.17) is 4.74 Å². The summed E-state index contributed by atoms with van der Waals surface area (Å²) in [4.78, 5) is 28.7. The fourth-order valence-corrected chi connectivity index (χ4v) is 2.79. The second kappa shape index (κ2) is 8.21. The number of carbonyl (C=O) groups excluding carboxylic acids is 2. The summed E-state index contributed by atoms with van der Waals surface area (Å²) in [5.74, 6) is -2.13. The Bertz CT molecular complexity index is 877. The largest absolute Gasteiger partial charge is 0.443 e. The van der Waals surface area contributed by atoms with Gasteiger partial charge in [-0.25, -0.2) is 24.0 Å². The molecular formula is C17H18F2N4O3S. The second-order valence-electron chi connectivity index (χ2n) is 6.38. The minimum absolute atomic E-state index is 0.117. The van der Waals surface area contributed by atoms with Crippen LogP contribution < -0.4 is 10.3 Å². The number of nitrogens with one attached hydrogen (secondary N) is 1. The van der Waals surface area contributed by atoms with Gasteiger partial charge in [-0.1, -0.05) is 0 Å². The number of nitrogens with zero attached hydrogens (tertiary/aromatic N) is 3. The lowest BCUT2D eigenvalue weighted by molar-refractivity contribution is -0.115. The average molecular weight is 396 g/mol. The van der Waals surface area contributed by atoms with E-state index in [1.54, 1.807) is 26.2 Å². The maximum absolute atomic E-state index is 14.0. The maximum Gasteiger partial charge on any atom is 0.428 e. The summed E-state index contributed by atoms with van der Waals surface area (Å²) in [6, 6.07) is 2.90. The Morgan fingerprint density at radius 2 is 2.04 bits per heavy atom. The standard InChI is InChI=1S/C17H18F2N4O3S/c1-10(24)23(14-6-5-11(18)7-13(14)19)15-21-12(9-27-15)8-20-22-16(25)26-17(2,3)4/h5-9H,1-4H3,(H,22,25)/b20-8-. The minimum atomic E-state index is -0.887. The van der Waals surface area contributed by atoms with Gasteiger partial charge in [0.2, 0.25) is 5.91 Å². The molecule has 2 rings (SSSR count). The number of carbonyl (C=O) groups is 2. The van der Waals surface area contributed by atoms with E-state index in [0.29, 0.717) is 11.8 Å². The lowest BCUT2D eigenvalue weighted by Gasteiger charge is -2.18. The Morgan fingerprint density at radius 3 is 2.63 bits per heavy atom. The van der Waals surface area contributed by atoms with Crippen LogP contribution in [0.4, 0.5) is 24.4 Å². The van der Waals surface area contributed by atoms with Crippen LogP contribution in [0, 0.1) is 11.6 Å². The van der Waals surface area contributed by atoms with Crippen molar-refractivity contribution in [2.24, 2.45) is 5.10 Å². The quantitative estimate of drug-likeness (QED) is 0.626. The first kappa shape index (κ1) is 20.4. The van der Waals surface area contributed by atoms with Crippen LogP contribution in [0.3, 0.4) is 0 Å². The van der Waals surface area contributed by atoms with Crippen molar-refractivity contribution in [3.05, 3.63) is 40.9 Å². The van der Waals surface area contributed by atoms with Crippen molar-refractivity contribution >= 4 is 40.4 Å². The van der Waals surface area contributed by atoms with E-state index in [-0.39, 0.29) is 10.8 Å².